The van der Waals surface area contributed by atoms with E-state index in [1.807, 2.05) is 0 Å². The Hall–Kier alpha value is -1.59. The number of piperidine rings is 1. The molecule has 1 atom stereocenters. The van der Waals surface area contributed by atoms with Crippen LogP contribution >= 0.6 is 0 Å². The van der Waals surface area contributed by atoms with E-state index in [9.17, 15) is 22.4 Å². The molecule has 104 valence electrons. The van der Waals surface area contributed by atoms with E-state index in [1.54, 1.807) is 0 Å². The van der Waals surface area contributed by atoms with Crippen LogP contribution in [0, 0.1) is 11.7 Å². The molecule has 0 radical (unpaired) electrons. The molecular weight excluding hydrogens is 262 g/mol. The molecular formula is C13H13F4NO. The minimum atomic E-state index is -4.36. The molecule has 1 fully saturated rings. The number of hydrogen-bond donors (Lipinski definition) is 0. The molecule has 6 heteroatoms. The lowest BCUT2D eigenvalue weighted by atomic mass is 9.93. The Labute approximate surface area is 108 Å². The van der Waals surface area contributed by atoms with Crippen molar-refractivity contribution in [2.75, 3.05) is 11.4 Å². The monoisotopic (exact) mass is 275 g/mol. The lowest BCUT2D eigenvalue weighted by Crippen LogP contribution is -2.42. The highest BCUT2D eigenvalue weighted by molar-refractivity contribution is 5.95. The highest BCUT2D eigenvalue weighted by Crippen LogP contribution is 2.32. The minimum Gasteiger partial charge on any atom is -0.312 e. The third kappa shape index (κ3) is 3.45. The molecule has 1 aromatic rings. The molecule has 1 aromatic carbocycles. The standard InChI is InChI=1S/C13H13F4NO/c14-10-4-1-5-11(7-10)18-6-2-3-9(12(18)19)8-13(15,16)17/h1,4-5,7,9H,2-3,6,8H2/t9-/m0/s1. The Morgan fingerprint density at radius 1 is 1.32 bits per heavy atom. The van der Waals surface area contributed by atoms with Gasteiger partial charge in [-0.1, -0.05) is 6.07 Å². The molecule has 0 saturated carbocycles. The molecule has 0 bridgehead atoms. The Bertz CT molecular complexity index is 472. The first-order valence-corrected chi connectivity index (χ1v) is 6.00. The second kappa shape index (κ2) is 5.19. The smallest absolute Gasteiger partial charge is 0.312 e. The van der Waals surface area contributed by atoms with Crippen molar-refractivity contribution in [1.82, 2.24) is 0 Å². The topological polar surface area (TPSA) is 20.3 Å². The predicted octanol–water partition coefficient (Wildman–Crippen LogP) is 3.52. The number of alkyl halides is 3. The van der Waals surface area contributed by atoms with Crippen LogP contribution in [0.4, 0.5) is 23.2 Å². The van der Waals surface area contributed by atoms with Crippen LogP contribution in [0.5, 0.6) is 0 Å². The maximum Gasteiger partial charge on any atom is 0.389 e. The Morgan fingerprint density at radius 2 is 2.05 bits per heavy atom. The average Bonchev–Trinajstić information content (AvgIpc) is 2.30. The van der Waals surface area contributed by atoms with Crippen LogP contribution in [0.15, 0.2) is 24.3 Å². The zero-order chi connectivity index (χ0) is 14.0. The molecule has 1 heterocycles. The Morgan fingerprint density at radius 3 is 2.68 bits per heavy atom. The van der Waals surface area contributed by atoms with E-state index in [0.29, 0.717) is 18.7 Å². The highest BCUT2D eigenvalue weighted by Gasteiger charge is 2.39. The average molecular weight is 275 g/mol. The molecule has 1 aliphatic rings. The second-order valence-electron chi connectivity index (χ2n) is 4.63. The van der Waals surface area contributed by atoms with E-state index >= 15 is 0 Å². The second-order valence-corrected chi connectivity index (χ2v) is 4.63. The van der Waals surface area contributed by atoms with Gasteiger partial charge in [-0.2, -0.15) is 13.2 Å². The summed E-state index contributed by atoms with van der Waals surface area (Å²) in [7, 11) is 0. The largest absolute Gasteiger partial charge is 0.389 e. The molecule has 0 N–H and O–H groups in total. The molecule has 2 nitrogen and oxygen atoms in total. The number of hydrogen-bond acceptors (Lipinski definition) is 1. The van der Waals surface area contributed by atoms with Crippen LogP contribution in [0.1, 0.15) is 19.3 Å². The summed E-state index contributed by atoms with van der Waals surface area (Å²) in [6, 6.07) is 5.35. The van der Waals surface area contributed by atoms with Gasteiger partial charge >= 0.3 is 6.18 Å². The van der Waals surface area contributed by atoms with Crippen molar-refractivity contribution in [2.45, 2.75) is 25.4 Å². The quantitative estimate of drug-likeness (QED) is 0.756. The summed E-state index contributed by atoms with van der Waals surface area (Å²) in [4.78, 5) is 13.3. The summed E-state index contributed by atoms with van der Waals surface area (Å²) >= 11 is 0. The lowest BCUT2D eigenvalue weighted by Gasteiger charge is -2.32. The van der Waals surface area contributed by atoms with Crippen molar-refractivity contribution in [2.24, 2.45) is 5.92 Å². The van der Waals surface area contributed by atoms with Crippen molar-refractivity contribution in [1.29, 1.82) is 0 Å². The van der Waals surface area contributed by atoms with Crippen molar-refractivity contribution in [3.05, 3.63) is 30.1 Å². The van der Waals surface area contributed by atoms with Gasteiger partial charge in [0, 0.05) is 18.2 Å². The first-order chi connectivity index (χ1) is 8.87. The van der Waals surface area contributed by atoms with Gasteiger partial charge in [-0.15, -0.1) is 0 Å². The fourth-order valence-electron chi connectivity index (χ4n) is 2.32. The Balaban J connectivity index is 2.16. The summed E-state index contributed by atoms with van der Waals surface area (Å²) in [6.07, 6.45) is -4.75. The van der Waals surface area contributed by atoms with Crippen molar-refractivity contribution in [3.8, 4) is 0 Å². The molecule has 0 unspecified atom stereocenters. The van der Waals surface area contributed by atoms with Gasteiger partial charge in [0.15, 0.2) is 0 Å². The van der Waals surface area contributed by atoms with Gasteiger partial charge in [0.1, 0.15) is 5.82 Å². The Kier molecular flexibility index (Phi) is 3.78. The van der Waals surface area contributed by atoms with Gasteiger partial charge in [-0.25, -0.2) is 4.39 Å². The molecule has 1 aliphatic heterocycles. The number of carbonyl (C=O) groups is 1. The van der Waals surface area contributed by atoms with E-state index in [1.165, 1.54) is 23.1 Å². The third-order valence-corrected chi connectivity index (χ3v) is 3.15. The molecule has 0 aromatic heterocycles. The molecule has 2 rings (SSSR count). The third-order valence-electron chi connectivity index (χ3n) is 3.15. The number of halogens is 4. The van der Waals surface area contributed by atoms with E-state index < -0.39 is 30.2 Å². The maximum absolute atomic E-state index is 13.1. The predicted molar refractivity (Wildman–Crippen MR) is 62.1 cm³/mol. The normalized spacial score (nSPS) is 20.7. The van der Waals surface area contributed by atoms with E-state index in [2.05, 4.69) is 0 Å². The first-order valence-electron chi connectivity index (χ1n) is 6.00. The molecule has 1 saturated heterocycles. The fourth-order valence-corrected chi connectivity index (χ4v) is 2.32. The molecule has 19 heavy (non-hydrogen) atoms. The summed E-state index contributed by atoms with van der Waals surface area (Å²) < 4.78 is 50.2. The van der Waals surface area contributed by atoms with Gasteiger partial charge < -0.3 is 4.90 Å². The molecule has 0 spiro atoms. The number of amides is 1. The van der Waals surface area contributed by atoms with Crippen molar-refractivity contribution < 1.29 is 22.4 Å². The zero-order valence-corrected chi connectivity index (χ0v) is 10.1. The van der Waals surface area contributed by atoms with Crippen LogP contribution in [0.3, 0.4) is 0 Å². The SMILES string of the molecule is O=C1[C@H](CC(F)(F)F)CCCN1c1cccc(F)c1. The highest BCUT2D eigenvalue weighted by atomic mass is 19.4. The van der Waals surface area contributed by atoms with Crippen molar-refractivity contribution in [3.63, 3.8) is 0 Å². The zero-order valence-electron chi connectivity index (χ0n) is 10.1. The van der Waals surface area contributed by atoms with Crippen LogP contribution in [-0.4, -0.2) is 18.6 Å². The van der Waals surface area contributed by atoms with E-state index in [-0.39, 0.29) is 6.42 Å². The van der Waals surface area contributed by atoms with Crippen LogP contribution in [-0.2, 0) is 4.79 Å². The number of benzene rings is 1. The summed E-state index contributed by atoms with van der Waals surface area (Å²) in [5.41, 5.74) is 0.317. The summed E-state index contributed by atoms with van der Waals surface area (Å²) in [5, 5.41) is 0. The van der Waals surface area contributed by atoms with Crippen molar-refractivity contribution >= 4 is 11.6 Å². The fraction of sp³-hybridized carbons (Fsp3) is 0.462. The lowest BCUT2D eigenvalue weighted by molar-refractivity contribution is -0.154. The van der Waals surface area contributed by atoms with Gasteiger partial charge in [0.05, 0.1) is 6.42 Å². The minimum absolute atomic E-state index is 0.226. The summed E-state index contributed by atoms with van der Waals surface area (Å²) in [5.74, 6) is -2.14. The van der Waals surface area contributed by atoms with Gasteiger partial charge in [0.25, 0.3) is 0 Å². The van der Waals surface area contributed by atoms with Crippen LogP contribution in [0.2, 0.25) is 0 Å². The van der Waals surface area contributed by atoms with Crippen LogP contribution < -0.4 is 4.90 Å². The maximum atomic E-state index is 13.1. The van der Waals surface area contributed by atoms with Gasteiger partial charge in [-0.3, -0.25) is 4.79 Å². The van der Waals surface area contributed by atoms with Gasteiger partial charge in [-0.05, 0) is 31.0 Å². The molecule has 1 amide bonds. The number of nitrogens with zero attached hydrogens (tertiary/aromatic N) is 1. The van der Waals surface area contributed by atoms with Gasteiger partial charge in [0.2, 0.25) is 5.91 Å². The van der Waals surface area contributed by atoms with E-state index in [0.717, 1.165) is 6.07 Å². The number of carbonyl (C=O) groups excluding carboxylic acids is 1. The van der Waals surface area contributed by atoms with E-state index in [4.69, 9.17) is 0 Å². The first kappa shape index (κ1) is 13.8. The molecule has 0 aliphatic carbocycles. The van der Waals surface area contributed by atoms with Crippen LogP contribution in [0.25, 0.3) is 0 Å². The number of rotatable bonds is 2. The summed E-state index contributed by atoms with van der Waals surface area (Å²) in [6.45, 7) is 0.330. The number of anilines is 1.